The van der Waals surface area contributed by atoms with Crippen LogP contribution in [-0.4, -0.2) is 102 Å². The smallest absolute Gasteiger partial charge is 0.366 e. The Morgan fingerprint density at radius 1 is 1.16 bits per heavy atom. The fourth-order valence-corrected chi connectivity index (χ4v) is 6.39. The van der Waals surface area contributed by atoms with Gasteiger partial charge in [0.15, 0.2) is 23.1 Å². The van der Waals surface area contributed by atoms with Crippen LogP contribution in [0.2, 0.25) is 0 Å². The number of nitrogens with zero attached hydrogens (tertiary/aromatic N) is 6. The normalized spacial score (nSPS) is 25.6. The molecule has 17 heteroatoms. The van der Waals surface area contributed by atoms with E-state index in [4.69, 9.17) is 13.8 Å². The van der Waals surface area contributed by atoms with Crippen molar-refractivity contribution < 1.29 is 43.6 Å². The number of aromatic nitrogens is 5. The molecular weight excluding hydrogens is 515 g/mol. The lowest BCUT2D eigenvalue weighted by Crippen LogP contribution is -2.37. The first-order valence-corrected chi connectivity index (χ1v) is 13.7. The van der Waals surface area contributed by atoms with E-state index in [2.05, 4.69) is 15.4 Å². The van der Waals surface area contributed by atoms with Crippen molar-refractivity contribution >= 4 is 30.4 Å². The molecule has 0 bridgehead atoms. The van der Waals surface area contributed by atoms with E-state index in [9.17, 15) is 34.6 Å². The number of carboxylic acid groups (broad SMARTS) is 1. The number of aliphatic carboxylic acids is 1. The fraction of sp³-hybridized carbons (Fsp3) is 0.750. The third-order valence-electron chi connectivity index (χ3n) is 6.30. The topological polar surface area (TPSA) is 212 Å². The lowest BCUT2D eigenvalue weighted by Gasteiger charge is -2.26. The van der Waals surface area contributed by atoms with Gasteiger partial charge in [0.2, 0.25) is 0 Å². The zero-order chi connectivity index (χ0) is 26.9. The van der Waals surface area contributed by atoms with Crippen molar-refractivity contribution in [3.05, 3.63) is 10.4 Å². The maximum absolute atomic E-state index is 13.7. The summed E-state index contributed by atoms with van der Waals surface area (Å²) in [5.41, 5.74) is -1.39. The van der Waals surface area contributed by atoms with Crippen molar-refractivity contribution in [1.82, 2.24) is 24.8 Å². The number of hydrogen-bond acceptors (Lipinski definition) is 13. The molecule has 0 aliphatic carbocycles. The van der Waals surface area contributed by atoms with Gasteiger partial charge in [-0.2, -0.15) is 9.78 Å². The lowest BCUT2D eigenvalue weighted by molar-refractivity contribution is -0.139. The summed E-state index contributed by atoms with van der Waals surface area (Å²) in [6, 6.07) is 0. The van der Waals surface area contributed by atoms with Crippen molar-refractivity contribution in [2.45, 2.75) is 63.4 Å². The van der Waals surface area contributed by atoms with Crippen LogP contribution in [0.15, 0.2) is 4.79 Å². The van der Waals surface area contributed by atoms with E-state index in [0.29, 0.717) is 17.8 Å². The highest BCUT2D eigenvalue weighted by Gasteiger charge is 2.48. The van der Waals surface area contributed by atoms with Gasteiger partial charge in [-0.15, -0.1) is 5.10 Å². The minimum absolute atomic E-state index is 0.0410. The molecule has 37 heavy (non-hydrogen) atoms. The molecule has 0 aromatic carbocycles. The summed E-state index contributed by atoms with van der Waals surface area (Å²) in [7, 11) is -4.40. The van der Waals surface area contributed by atoms with Crippen LogP contribution in [0.25, 0.3) is 11.0 Å². The number of hydrogen-bond donors (Lipinski definition) is 4. The number of aliphatic hydroxyl groups is 3. The van der Waals surface area contributed by atoms with Gasteiger partial charge in [0.25, 0.3) is 11.3 Å². The average molecular weight is 546 g/mol. The molecule has 2 aromatic heterocycles. The minimum atomic E-state index is -4.40. The minimum Gasteiger partial charge on any atom is -0.479 e. The Kier molecular flexibility index (Phi) is 8.28. The van der Waals surface area contributed by atoms with Gasteiger partial charge in [-0.05, 0) is 33.1 Å². The van der Waals surface area contributed by atoms with Crippen molar-refractivity contribution in [2.75, 3.05) is 37.8 Å². The number of carbonyl (C=O) groups is 1. The number of fused-ring (bicyclic) bond motifs is 1. The first-order chi connectivity index (χ1) is 17.7. The van der Waals surface area contributed by atoms with Crippen molar-refractivity contribution in [1.29, 1.82) is 0 Å². The van der Waals surface area contributed by atoms with Crippen molar-refractivity contribution in [3.8, 4) is 0 Å². The number of ether oxygens (including phenoxy) is 1. The van der Waals surface area contributed by atoms with Crippen LogP contribution in [0, 0.1) is 0 Å². The Morgan fingerprint density at radius 2 is 1.81 bits per heavy atom. The molecule has 5 unspecified atom stereocenters. The van der Waals surface area contributed by atoms with Crippen LogP contribution >= 0.6 is 7.60 Å². The maximum Gasteiger partial charge on any atom is 0.366 e. The van der Waals surface area contributed by atoms with Gasteiger partial charge in [0.05, 0.1) is 19.8 Å². The molecule has 5 atom stereocenters. The lowest BCUT2D eigenvalue weighted by atomic mass is 10.1. The Balaban J connectivity index is 1.96. The predicted molar refractivity (Wildman–Crippen MR) is 126 cm³/mol. The summed E-state index contributed by atoms with van der Waals surface area (Å²) >= 11 is 0. The molecule has 206 valence electrons. The molecule has 2 aromatic rings. The average Bonchev–Trinajstić information content (AvgIpc) is 3.38. The van der Waals surface area contributed by atoms with E-state index in [1.165, 1.54) is 13.8 Å². The highest BCUT2D eigenvalue weighted by molar-refractivity contribution is 7.55. The molecule has 0 saturated carbocycles. The first kappa shape index (κ1) is 27.6. The van der Waals surface area contributed by atoms with Crippen LogP contribution in [0.5, 0.6) is 0 Å². The van der Waals surface area contributed by atoms with Gasteiger partial charge in [-0.25, -0.2) is 9.48 Å². The van der Waals surface area contributed by atoms with E-state index >= 15 is 0 Å². The zero-order valence-corrected chi connectivity index (χ0v) is 21.3. The molecule has 0 amide bonds. The molecule has 2 fully saturated rings. The maximum atomic E-state index is 13.7. The van der Waals surface area contributed by atoms with E-state index in [1.54, 1.807) is 0 Å². The summed E-state index contributed by atoms with van der Waals surface area (Å²) in [5.74, 6) is -3.47. The molecular formula is C20H31N6O10P. The quantitative estimate of drug-likeness (QED) is 0.275. The van der Waals surface area contributed by atoms with E-state index in [-0.39, 0.29) is 30.1 Å². The molecule has 16 nitrogen and oxygen atoms in total. The molecule has 0 radical (unpaired) electrons. The number of carboxylic acids is 1. The van der Waals surface area contributed by atoms with E-state index < -0.39 is 56.1 Å². The number of anilines is 1. The Labute approximate surface area is 210 Å². The molecule has 0 spiro atoms. The summed E-state index contributed by atoms with van der Waals surface area (Å²) in [5, 5.41) is 52.5. The largest absolute Gasteiger partial charge is 0.479 e. The third kappa shape index (κ3) is 4.90. The van der Waals surface area contributed by atoms with Gasteiger partial charge < -0.3 is 39.1 Å². The number of aliphatic hydroxyl groups excluding tert-OH is 3. The van der Waals surface area contributed by atoms with Crippen LogP contribution in [-0.2, 0) is 23.1 Å². The van der Waals surface area contributed by atoms with Crippen LogP contribution in [0.1, 0.15) is 45.1 Å². The first-order valence-electron chi connectivity index (χ1n) is 12.0. The second kappa shape index (κ2) is 11.1. The Bertz CT molecular complexity index is 1220. The SMILES string of the molecule is CCOP(=O)(OCC)C(C(=O)O)n1nc(N2CCCCC2)c2nnn(C3OC(CO)C(O)C3O)c(=O)c21. The third-order valence-corrected chi connectivity index (χ3v) is 8.58. The summed E-state index contributed by atoms with van der Waals surface area (Å²) in [6.45, 7) is 3.27. The van der Waals surface area contributed by atoms with Gasteiger partial charge in [-0.3, -0.25) is 9.36 Å². The monoisotopic (exact) mass is 546 g/mol. The summed E-state index contributed by atoms with van der Waals surface area (Å²) < 4.78 is 31.0. The molecule has 4 rings (SSSR count). The highest BCUT2D eigenvalue weighted by Crippen LogP contribution is 2.59. The number of rotatable bonds is 10. The molecule has 4 N–H and O–H groups in total. The summed E-state index contributed by atoms with van der Waals surface area (Å²) in [4.78, 5) is 28.0. The number of piperidine rings is 1. The molecule has 2 aliphatic rings. The molecule has 4 heterocycles. The molecule has 2 saturated heterocycles. The van der Waals surface area contributed by atoms with Gasteiger partial charge in [-0.1, -0.05) is 5.21 Å². The van der Waals surface area contributed by atoms with E-state index in [1.807, 2.05) is 4.90 Å². The second-order valence-electron chi connectivity index (χ2n) is 8.67. The van der Waals surface area contributed by atoms with Crippen LogP contribution < -0.4 is 10.5 Å². The Hall–Kier alpha value is -2.46. The van der Waals surface area contributed by atoms with Crippen LogP contribution in [0.3, 0.4) is 0 Å². The van der Waals surface area contributed by atoms with Gasteiger partial charge >= 0.3 is 13.6 Å². The molecule has 2 aliphatic heterocycles. The van der Waals surface area contributed by atoms with Crippen LogP contribution in [0.4, 0.5) is 5.82 Å². The van der Waals surface area contributed by atoms with Gasteiger partial charge in [0, 0.05) is 13.1 Å². The predicted octanol–water partition coefficient (Wildman–Crippen LogP) is -0.561. The van der Waals surface area contributed by atoms with Gasteiger partial charge in [0.1, 0.15) is 18.3 Å². The van der Waals surface area contributed by atoms with Crippen molar-refractivity contribution in [2.24, 2.45) is 0 Å². The Morgan fingerprint density at radius 3 is 2.35 bits per heavy atom. The fourth-order valence-electron chi connectivity index (χ4n) is 4.60. The second-order valence-corrected chi connectivity index (χ2v) is 10.8. The summed E-state index contributed by atoms with van der Waals surface area (Å²) in [6.07, 6.45) is -3.24. The highest BCUT2D eigenvalue weighted by atomic mass is 31.2. The van der Waals surface area contributed by atoms with Crippen molar-refractivity contribution in [3.63, 3.8) is 0 Å². The standard InChI is InChI=1S/C20H31N6O10P/c1-3-34-37(33,35-4-2)19(20(31)32)25-13-12(16(22-25)24-8-6-5-7-9-24)21-23-26(17(13)30)18-15(29)14(28)11(10-27)36-18/h11,14-15,18-19,27-29H,3-10H2,1-2H3,(H,31,32). The zero-order valence-electron chi connectivity index (χ0n) is 20.4. The van der Waals surface area contributed by atoms with E-state index in [0.717, 1.165) is 23.9 Å².